The molecule has 0 N–H and O–H groups in total. The lowest BCUT2D eigenvalue weighted by Gasteiger charge is -2.26. The minimum Gasteiger partial charge on any atom is -0.460 e. The Bertz CT molecular complexity index is 550. The molecule has 0 aliphatic carbocycles. The van der Waals surface area contributed by atoms with Crippen LogP contribution < -0.4 is 0 Å². The number of hydrogen-bond acceptors (Lipinski definition) is 4. The number of alkyl halides is 1. The molecule has 2 saturated heterocycles. The molecule has 3 atom stereocenters. The first-order chi connectivity index (χ1) is 10.7. The Balaban J connectivity index is 1.63. The van der Waals surface area contributed by atoms with Gasteiger partial charge >= 0.3 is 12.1 Å². The van der Waals surface area contributed by atoms with E-state index in [2.05, 4.69) is 0 Å². The van der Waals surface area contributed by atoms with Crippen molar-refractivity contribution in [3.63, 3.8) is 0 Å². The maximum Gasteiger partial charge on any atom is 0.410 e. The Morgan fingerprint density at radius 2 is 2.14 bits per heavy atom. The highest BCUT2D eigenvalue weighted by atomic mass is 35.5. The second-order valence-electron chi connectivity index (χ2n) is 5.57. The van der Waals surface area contributed by atoms with E-state index < -0.39 is 6.09 Å². The van der Waals surface area contributed by atoms with E-state index in [0.29, 0.717) is 25.3 Å². The SMILES string of the molecule is O=C1O[C@H](CCCl)[C@H]2[C@@H]1CCN2C(=O)OCc1ccccc1. The molecule has 0 aromatic heterocycles. The summed E-state index contributed by atoms with van der Waals surface area (Å²) in [5.41, 5.74) is 0.933. The molecule has 2 aliphatic heterocycles. The standard InChI is InChI=1S/C16H18ClNO4/c17-8-6-13-14-12(15(19)22-13)7-9-18(14)16(20)21-10-11-4-2-1-3-5-11/h1-5,12-14H,6-10H2/t12-,13+,14+/m0/s1. The lowest BCUT2D eigenvalue weighted by Crippen LogP contribution is -2.43. The predicted molar refractivity (Wildman–Crippen MR) is 80.4 cm³/mol. The van der Waals surface area contributed by atoms with Gasteiger partial charge in [-0.15, -0.1) is 11.6 Å². The summed E-state index contributed by atoms with van der Waals surface area (Å²) >= 11 is 5.76. The summed E-state index contributed by atoms with van der Waals surface area (Å²) < 4.78 is 10.7. The van der Waals surface area contributed by atoms with Gasteiger partial charge in [-0.05, 0) is 18.4 Å². The second-order valence-corrected chi connectivity index (χ2v) is 5.95. The van der Waals surface area contributed by atoms with Gasteiger partial charge in [0.2, 0.25) is 0 Å². The first-order valence-electron chi connectivity index (χ1n) is 7.44. The number of nitrogens with zero attached hydrogens (tertiary/aromatic N) is 1. The maximum absolute atomic E-state index is 12.3. The van der Waals surface area contributed by atoms with Gasteiger partial charge in [0.1, 0.15) is 12.7 Å². The second kappa shape index (κ2) is 6.57. The van der Waals surface area contributed by atoms with Gasteiger partial charge in [0.25, 0.3) is 0 Å². The zero-order chi connectivity index (χ0) is 15.5. The minimum atomic E-state index is -0.394. The van der Waals surface area contributed by atoms with Crippen LogP contribution in [0.25, 0.3) is 0 Å². The average molecular weight is 324 g/mol. The van der Waals surface area contributed by atoms with E-state index in [9.17, 15) is 9.59 Å². The van der Waals surface area contributed by atoms with E-state index in [1.807, 2.05) is 30.3 Å². The molecule has 2 fully saturated rings. The Kier molecular flexibility index (Phi) is 4.52. The van der Waals surface area contributed by atoms with Crippen LogP contribution in [0.2, 0.25) is 0 Å². The van der Waals surface area contributed by atoms with Crippen LogP contribution in [0.5, 0.6) is 0 Å². The van der Waals surface area contributed by atoms with Crippen molar-refractivity contribution in [2.75, 3.05) is 12.4 Å². The Morgan fingerprint density at radius 1 is 1.36 bits per heavy atom. The van der Waals surface area contributed by atoms with Crippen molar-refractivity contribution < 1.29 is 19.1 Å². The molecular weight excluding hydrogens is 306 g/mol. The molecule has 2 heterocycles. The fraction of sp³-hybridized carbons (Fsp3) is 0.500. The summed E-state index contributed by atoms with van der Waals surface area (Å²) in [6.45, 7) is 0.749. The van der Waals surface area contributed by atoms with Crippen LogP contribution in [0.1, 0.15) is 18.4 Å². The number of likely N-dealkylation sites (tertiary alicyclic amines) is 1. The van der Waals surface area contributed by atoms with Gasteiger partial charge in [-0.2, -0.15) is 0 Å². The first-order valence-corrected chi connectivity index (χ1v) is 7.98. The summed E-state index contributed by atoms with van der Waals surface area (Å²) in [5, 5.41) is 0. The van der Waals surface area contributed by atoms with Gasteiger partial charge in [0.15, 0.2) is 0 Å². The van der Waals surface area contributed by atoms with Gasteiger partial charge in [0, 0.05) is 12.4 Å². The van der Waals surface area contributed by atoms with Gasteiger partial charge < -0.3 is 14.4 Å². The number of halogens is 1. The summed E-state index contributed by atoms with van der Waals surface area (Å²) in [4.78, 5) is 25.8. The molecule has 22 heavy (non-hydrogen) atoms. The van der Waals surface area contributed by atoms with Crippen LogP contribution >= 0.6 is 11.6 Å². The third-order valence-electron chi connectivity index (χ3n) is 4.24. The monoisotopic (exact) mass is 323 g/mol. The molecule has 5 nitrogen and oxygen atoms in total. The van der Waals surface area contributed by atoms with Crippen molar-refractivity contribution in [1.29, 1.82) is 0 Å². The highest BCUT2D eigenvalue weighted by molar-refractivity contribution is 6.17. The molecule has 0 radical (unpaired) electrons. The van der Waals surface area contributed by atoms with Crippen LogP contribution in [-0.4, -0.2) is 41.5 Å². The van der Waals surface area contributed by atoms with E-state index in [4.69, 9.17) is 21.1 Å². The minimum absolute atomic E-state index is 0.224. The fourth-order valence-corrected chi connectivity index (χ4v) is 3.41. The quantitative estimate of drug-likeness (QED) is 0.631. The number of carbonyl (C=O) groups is 2. The molecule has 0 saturated carbocycles. The number of rotatable bonds is 4. The van der Waals surface area contributed by atoms with E-state index in [1.165, 1.54) is 0 Å². The van der Waals surface area contributed by atoms with Crippen LogP contribution in [0.4, 0.5) is 4.79 Å². The predicted octanol–water partition coefficient (Wildman–Crippen LogP) is 2.57. The Morgan fingerprint density at radius 3 is 2.86 bits per heavy atom. The van der Waals surface area contributed by atoms with E-state index in [0.717, 1.165) is 5.56 Å². The van der Waals surface area contributed by atoms with E-state index >= 15 is 0 Å². The van der Waals surface area contributed by atoms with Gasteiger partial charge in [-0.1, -0.05) is 30.3 Å². The summed E-state index contributed by atoms with van der Waals surface area (Å²) in [5.74, 6) is -0.0652. The number of carbonyl (C=O) groups excluding carboxylic acids is 2. The highest BCUT2D eigenvalue weighted by Crippen LogP contribution is 2.37. The molecular formula is C16H18ClNO4. The van der Waals surface area contributed by atoms with Crippen LogP contribution in [0, 0.1) is 5.92 Å². The number of amides is 1. The number of hydrogen-bond donors (Lipinski definition) is 0. The van der Waals surface area contributed by atoms with Crippen molar-refractivity contribution in [2.45, 2.75) is 31.6 Å². The van der Waals surface area contributed by atoms with Crippen molar-refractivity contribution in [3.8, 4) is 0 Å². The smallest absolute Gasteiger partial charge is 0.410 e. The molecule has 1 amide bonds. The zero-order valence-corrected chi connectivity index (χ0v) is 12.9. The third-order valence-corrected chi connectivity index (χ3v) is 4.46. The van der Waals surface area contributed by atoms with Gasteiger partial charge in [-0.3, -0.25) is 4.79 Å². The van der Waals surface area contributed by atoms with Crippen LogP contribution in [-0.2, 0) is 20.9 Å². The van der Waals surface area contributed by atoms with Gasteiger partial charge in [0.05, 0.1) is 12.0 Å². The lowest BCUT2D eigenvalue weighted by molar-refractivity contribution is -0.144. The molecule has 6 heteroatoms. The third kappa shape index (κ3) is 2.90. The molecule has 2 aliphatic rings. The molecule has 118 valence electrons. The largest absolute Gasteiger partial charge is 0.460 e. The number of esters is 1. The normalized spacial score (nSPS) is 26.7. The maximum atomic E-state index is 12.3. The first kappa shape index (κ1) is 15.2. The molecule has 1 aromatic carbocycles. The zero-order valence-electron chi connectivity index (χ0n) is 12.1. The fourth-order valence-electron chi connectivity index (χ4n) is 3.19. The van der Waals surface area contributed by atoms with Gasteiger partial charge in [-0.25, -0.2) is 4.79 Å². The Labute approximate surface area is 134 Å². The number of cyclic esters (lactones) is 1. The van der Waals surface area contributed by atoms with E-state index in [-0.39, 0.29) is 30.6 Å². The number of fused-ring (bicyclic) bond motifs is 1. The van der Waals surface area contributed by atoms with Crippen molar-refractivity contribution in [3.05, 3.63) is 35.9 Å². The molecule has 3 rings (SSSR count). The molecule has 0 unspecified atom stereocenters. The molecule has 1 aromatic rings. The van der Waals surface area contributed by atoms with E-state index in [1.54, 1.807) is 4.90 Å². The summed E-state index contributed by atoms with van der Waals surface area (Å²) in [6, 6.07) is 9.27. The van der Waals surface area contributed by atoms with Crippen LogP contribution in [0.3, 0.4) is 0 Å². The average Bonchev–Trinajstić information content (AvgIpc) is 3.09. The van der Waals surface area contributed by atoms with Crippen molar-refractivity contribution in [1.82, 2.24) is 4.90 Å². The summed E-state index contributed by atoms with van der Waals surface area (Å²) in [6.07, 6.45) is 0.468. The molecule has 0 spiro atoms. The topological polar surface area (TPSA) is 55.8 Å². The van der Waals surface area contributed by atoms with Crippen molar-refractivity contribution >= 4 is 23.7 Å². The lowest BCUT2D eigenvalue weighted by atomic mass is 9.98. The Hall–Kier alpha value is -1.75. The number of ether oxygens (including phenoxy) is 2. The molecule has 0 bridgehead atoms. The highest BCUT2D eigenvalue weighted by Gasteiger charge is 2.52. The number of benzene rings is 1. The van der Waals surface area contributed by atoms with Crippen molar-refractivity contribution in [2.24, 2.45) is 5.92 Å². The summed E-state index contributed by atoms with van der Waals surface area (Å²) in [7, 11) is 0. The van der Waals surface area contributed by atoms with Crippen LogP contribution in [0.15, 0.2) is 30.3 Å².